The van der Waals surface area contributed by atoms with Crippen LogP contribution in [0.25, 0.3) is 11.4 Å². The number of thioether (sulfide) groups is 1. The van der Waals surface area contributed by atoms with Gasteiger partial charge in [0.25, 0.3) is 0 Å². The van der Waals surface area contributed by atoms with Crippen molar-refractivity contribution in [3.05, 3.63) is 83.8 Å². The Kier molecular flexibility index (Phi) is 6.55. The summed E-state index contributed by atoms with van der Waals surface area (Å²) in [6.45, 7) is 2.30. The van der Waals surface area contributed by atoms with Crippen molar-refractivity contribution in [2.45, 2.75) is 24.8 Å². The average Bonchev–Trinajstić information content (AvgIpc) is 3.38. The summed E-state index contributed by atoms with van der Waals surface area (Å²) in [5.74, 6) is 0.796. The molecule has 0 fully saturated rings. The zero-order valence-electron chi connectivity index (χ0n) is 17.5. The fourth-order valence-corrected chi connectivity index (χ4v) is 3.96. The topological polar surface area (TPSA) is 72.9 Å². The lowest BCUT2D eigenvalue weighted by molar-refractivity contribution is -0.137. The largest absolute Gasteiger partial charge is 0.469 e. The molecule has 170 valence electrons. The number of halogens is 3. The number of rotatable bonds is 7. The Morgan fingerprint density at radius 2 is 1.88 bits per heavy atom. The molecule has 0 saturated heterocycles. The van der Waals surface area contributed by atoms with Gasteiger partial charge in [-0.2, -0.15) is 13.2 Å². The molecule has 2 aromatic heterocycles. The molecule has 4 aromatic rings. The van der Waals surface area contributed by atoms with Gasteiger partial charge in [0, 0.05) is 5.69 Å². The summed E-state index contributed by atoms with van der Waals surface area (Å²) in [4.78, 5) is 12.4. The molecular weight excluding hydrogens is 453 g/mol. The van der Waals surface area contributed by atoms with Gasteiger partial charge >= 0.3 is 6.18 Å². The van der Waals surface area contributed by atoms with Crippen molar-refractivity contribution in [2.24, 2.45) is 0 Å². The maximum atomic E-state index is 12.9. The number of carbonyl (C=O) groups excluding carboxylic acids is 1. The first kappa shape index (κ1) is 22.7. The highest BCUT2D eigenvalue weighted by molar-refractivity contribution is 7.99. The number of hydrogen-bond acceptors (Lipinski definition) is 5. The normalized spacial score (nSPS) is 11.5. The molecule has 0 bridgehead atoms. The lowest BCUT2D eigenvalue weighted by Gasteiger charge is -2.11. The number of carbonyl (C=O) groups is 1. The van der Waals surface area contributed by atoms with Crippen LogP contribution in [-0.2, 0) is 17.5 Å². The van der Waals surface area contributed by atoms with Crippen LogP contribution in [0.1, 0.15) is 16.9 Å². The number of furan rings is 1. The molecule has 0 saturated carbocycles. The van der Waals surface area contributed by atoms with Crippen LogP contribution in [0.15, 0.2) is 76.5 Å². The minimum atomic E-state index is -4.48. The van der Waals surface area contributed by atoms with Gasteiger partial charge in [0.05, 0.1) is 29.7 Å². The molecule has 2 aromatic carbocycles. The van der Waals surface area contributed by atoms with Crippen molar-refractivity contribution < 1.29 is 22.4 Å². The molecule has 2 heterocycles. The predicted octanol–water partition coefficient (Wildman–Crippen LogP) is 5.64. The second kappa shape index (κ2) is 9.53. The highest BCUT2D eigenvalue weighted by Gasteiger charge is 2.30. The fourth-order valence-electron chi connectivity index (χ4n) is 3.22. The first-order chi connectivity index (χ1) is 15.8. The molecule has 0 aliphatic carbocycles. The van der Waals surface area contributed by atoms with Crippen molar-refractivity contribution in [3.63, 3.8) is 0 Å². The van der Waals surface area contributed by atoms with Gasteiger partial charge in [0.15, 0.2) is 11.0 Å². The van der Waals surface area contributed by atoms with Crippen molar-refractivity contribution in [3.8, 4) is 11.4 Å². The summed E-state index contributed by atoms with van der Waals surface area (Å²) in [5, 5.41) is 11.5. The maximum absolute atomic E-state index is 12.9. The van der Waals surface area contributed by atoms with E-state index in [0.717, 1.165) is 35.0 Å². The number of alkyl halides is 3. The van der Waals surface area contributed by atoms with E-state index in [1.54, 1.807) is 12.3 Å². The third-order valence-corrected chi connectivity index (χ3v) is 5.77. The summed E-state index contributed by atoms with van der Waals surface area (Å²) >= 11 is 1.15. The summed E-state index contributed by atoms with van der Waals surface area (Å²) in [7, 11) is 0. The minimum absolute atomic E-state index is 0.0481. The number of anilines is 1. The molecule has 4 rings (SSSR count). The number of nitrogens with one attached hydrogen (secondary N) is 1. The fraction of sp³-hybridized carbons (Fsp3) is 0.174. The van der Waals surface area contributed by atoms with Gasteiger partial charge in [-0.05, 0) is 36.8 Å². The van der Waals surface area contributed by atoms with E-state index in [2.05, 4.69) is 15.5 Å². The zero-order chi connectivity index (χ0) is 23.4. The molecule has 6 nitrogen and oxygen atoms in total. The van der Waals surface area contributed by atoms with Gasteiger partial charge in [0.1, 0.15) is 5.76 Å². The molecule has 33 heavy (non-hydrogen) atoms. The molecule has 0 atom stereocenters. The van der Waals surface area contributed by atoms with Gasteiger partial charge in [-0.15, -0.1) is 10.2 Å². The Morgan fingerprint density at radius 3 is 2.58 bits per heavy atom. The number of nitrogens with zero attached hydrogens (tertiary/aromatic N) is 3. The maximum Gasteiger partial charge on any atom is 0.416 e. The van der Waals surface area contributed by atoms with E-state index in [4.69, 9.17) is 4.42 Å². The van der Waals surface area contributed by atoms with Crippen molar-refractivity contribution in [1.82, 2.24) is 14.8 Å². The van der Waals surface area contributed by atoms with Crippen molar-refractivity contribution in [1.29, 1.82) is 0 Å². The molecular formula is C23H19F3N4O2S. The SMILES string of the molecule is Cc1occc1-c1nnc(SCC(=O)Nc2cccc(C(F)(F)F)c2)n1Cc1ccccc1. The van der Waals surface area contributed by atoms with E-state index in [1.165, 1.54) is 12.1 Å². The van der Waals surface area contributed by atoms with Crippen LogP contribution in [-0.4, -0.2) is 26.4 Å². The highest BCUT2D eigenvalue weighted by atomic mass is 32.2. The van der Waals surface area contributed by atoms with E-state index in [1.807, 2.05) is 41.8 Å². The Bertz CT molecular complexity index is 1250. The van der Waals surface area contributed by atoms with Crippen LogP contribution in [0.5, 0.6) is 0 Å². The van der Waals surface area contributed by atoms with E-state index < -0.39 is 17.6 Å². The Labute approximate surface area is 191 Å². The lowest BCUT2D eigenvalue weighted by atomic mass is 10.2. The number of aromatic nitrogens is 3. The lowest BCUT2D eigenvalue weighted by Crippen LogP contribution is -2.15. The van der Waals surface area contributed by atoms with Gasteiger partial charge in [-0.25, -0.2) is 0 Å². The second-order valence-electron chi connectivity index (χ2n) is 7.18. The van der Waals surface area contributed by atoms with E-state index >= 15 is 0 Å². The Balaban J connectivity index is 1.51. The monoisotopic (exact) mass is 472 g/mol. The average molecular weight is 472 g/mol. The first-order valence-corrected chi connectivity index (χ1v) is 10.9. The predicted molar refractivity (Wildman–Crippen MR) is 119 cm³/mol. The van der Waals surface area contributed by atoms with Gasteiger partial charge in [-0.3, -0.25) is 9.36 Å². The van der Waals surface area contributed by atoms with E-state index in [0.29, 0.717) is 23.3 Å². The number of amides is 1. The zero-order valence-corrected chi connectivity index (χ0v) is 18.3. The van der Waals surface area contributed by atoms with Crippen LogP contribution in [0.4, 0.5) is 18.9 Å². The van der Waals surface area contributed by atoms with Crippen molar-refractivity contribution in [2.75, 3.05) is 11.1 Å². The molecule has 0 aliphatic heterocycles. The first-order valence-electron chi connectivity index (χ1n) is 9.93. The van der Waals surface area contributed by atoms with Crippen LogP contribution >= 0.6 is 11.8 Å². The second-order valence-corrected chi connectivity index (χ2v) is 8.13. The summed E-state index contributed by atoms with van der Waals surface area (Å²) in [5.41, 5.74) is 1.07. The molecule has 0 aliphatic rings. The quantitative estimate of drug-likeness (QED) is 0.352. The third-order valence-electron chi connectivity index (χ3n) is 4.81. The highest BCUT2D eigenvalue weighted by Crippen LogP contribution is 2.31. The third kappa shape index (κ3) is 5.46. The van der Waals surface area contributed by atoms with Gasteiger partial charge in [0.2, 0.25) is 5.91 Å². The molecule has 0 radical (unpaired) electrons. The summed E-state index contributed by atoms with van der Waals surface area (Å²) < 4.78 is 46.0. The molecule has 1 N–H and O–H groups in total. The Morgan fingerprint density at radius 1 is 1.09 bits per heavy atom. The Hall–Kier alpha value is -3.53. The van der Waals surface area contributed by atoms with Crippen LogP contribution in [0.2, 0.25) is 0 Å². The van der Waals surface area contributed by atoms with Crippen LogP contribution in [0, 0.1) is 6.92 Å². The van der Waals surface area contributed by atoms with E-state index in [9.17, 15) is 18.0 Å². The molecule has 0 unspecified atom stereocenters. The summed E-state index contributed by atoms with van der Waals surface area (Å²) in [6.07, 6.45) is -2.91. The summed E-state index contributed by atoms with van der Waals surface area (Å²) in [6, 6.07) is 16.0. The van der Waals surface area contributed by atoms with Crippen molar-refractivity contribution >= 4 is 23.4 Å². The van der Waals surface area contributed by atoms with Crippen LogP contribution in [0.3, 0.4) is 0 Å². The number of aryl methyl sites for hydroxylation is 1. The standard InChI is InChI=1S/C23H19F3N4O2S/c1-15-19(10-11-32-15)21-28-29-22(30(21)13-16-6-3-2-4-7-16)33-14-20(31)27-18-9-5-8-17(12-18)23(24,25)26/h2-12H,13-14H2,1H3,(H,27,31). The van der Waals surface area contributed by atoms with E-state index in [-0.39, 0.29) is 11.4 Å². The number of benzene rings is 2. The smallest absolute Gasteiger partial charge is 0.416 e. The minimum Gasteiger partial charge on any atom is -0.469 e. The molecule has 1 amide bonds. The van der Waals surface area contributed by atoms with Gasteiger partial charge < -0.3 is 9.73 Å². The molecule has 10 heteroatoms. The van der Waals surface area contributed by atoms with Gasteiger partial charge in [-0.1, -0.05) is 48.2 Å². The molecule has 0 spiro atoms. The van der Waals surface area contributed by atoms with Crippen LogP contribution < -0.4 is 5.32 Å². The number of hydrogen-bond donors (Lipinski definition) is 1.